The summed E-state index contributed by atoms with van der Waals surface area (Å²) in [6.07, 6.45) is 2.36. The number of amides is 1. The number of benzene rings is 1. The van der Waals surface area contributed by atoms with Gasteiger partial charge in [-0.15, -0.1) is 0 Å². The minimum atomic E-state index is 0.113. The molecule has 0 unspecified atom stereocenters. The first-order valence-corrected chi connectivity index (χ1v) is 8.24. The molecule has 122 valence electrons. The van der Waals surface area contributed by atoms with Crippen molar-refractivity contribution in [2.75, 3.05) is 19.6 Å². The van der Waals surface area contributed by atoms with Crippen LogP contribution < -0.4 is 5.32 Å². The van der Waals surface area contributed by atoms with E-state index in [2.05, 4.69) is 55.3 Å². The lowest BCUT2D eigenvalue weighted by atomic mass is 10.1. The predicted octanol–water partition coefficient (Wildman–Crippen LogP) is 2.23. The minimum absolute atomic E-state index is 0.113. The van der Waals surface area contributed by atoms with E-state index in [9.17, 15) is 4.79 Å². The zero-order valence-electron chi connectivity index (χ0n) is 13.9. The van der Waals surface area contributed by atoms with E-state index in [-0.39, 0.29) is 24.2 Å². The molecule has 0 aliphatic carbocycles. The average molecular weight is 304 g/mol. The Hall–Kier alpha value is -1.39. The van der Waals surface area contributed by atoms with Crippen molar-refractivity contribution < 1.29 is 9.53 Å². The van der Waals surface area contributed by atoms with Crippen molar-refractivity contribution in [2.24, 2.45) is 0 Å². The van der Waals surface area contributed by atoms with Crippen LogP contribution in [0.25, 0.3) is 0 Å². The van der Waals surface area contributed by atoms with E-state index in [0.29, 0.717) is 6.54 Å². The second kappa shape index (κ2) is 8.30. The standard InChI is InChI=1S/C18H28N2O2/c1-14(9-10-17-7-5-4-6-8-17)19-18(21)13-20-11-15(2)22-16(3)12-20/h4-8,14-16H,9-13H2,1-3H3,(H,19,21)/t14-,15+,16+/m0/s1. The first-order chi connectivity index (χ1) is 10.5. The molecule has 1 aliphatic rings. The van der Waals surface area contributed by atoms with Crippen LogP contribution in [-0.2, 0) is 16.0 Å². The summed E-state index contributed by atoms with van der Waals surface area (Å²) in [5.41, 5.74) is 1.32. The summed E-state index contributed by atoms with van der Waals surface area (Å²) in [7, 11) is 0. The highest BCUT2D eigenvalue weighted by Crippen LogP contribution is 2.10. The largest absolute Gasteiger partial charge is 0.373 e. The van der Waals surface area contributed by atoms with Crippen molar-refractivity contribution in [2.45, 2.75) is 51.9 Å². The number of ether oxygens (including phenoxy) is 1. The van der Waals surface area contributed by atoms with Crippen LogP contribution in [0, 0.1) is 0 Å². The smallest absolute Gasteiger partial charge is 0.234 e. The van der Waals surface area contributed by atoms with E-state index >= 15 is 0 Å². The number of hydrogen-bond donors (Lipinski definition) is 1. The molecular formula is C18H28N2O2. The number of hydrogen-bond acceptors (Lipinski definition) is 3. The van der Waals surface area contributed by atoms with E-state index in [0.717, 1.165) is 25.9 Å². The Balaban J connectivity index is 1.69. The Morgan fingerprint density at radius 2 is 1.91 bits per heavy atom. The lowest BCUT2D eigenvalue weighted by molar-refractivity contribution is -0.126. The summed E-state index contributed by atoms with van der Waals surface area (Å²) in [5.74, 6) is 0.113. The molecule has 22 heavy (non-hydrogen) atoms. The molecule has 1 aromatic rings. The summed E-state index contributed by atoms with van der Waals surface area (Å²) in [6, 6.07) is 10.6. The van der Waals surface area contributed by atoms with Gasteiger partial charge in [-0.2, -0.15) is 0 Å². The van der Waals surface area contributed by atoms with E-state index in [1.165, 1.54) is 5.56 Å². The quantitative estimate of drug-likeness (QED) is 0.876. The third-order valence-electron chi connectivity index (χ3n) is 3.98. The number of carbonyl (C=O) groups is 1. The zero-order valence-corrected chi connectivity index (χ0v) is 13.9. The zero-order chi connectivity index (χ0) is 15.9. The lowest BCUT2D eigenvalue weighted by Crippen LogP contribution is -2.50. The van der Waals surface area contributed by atoms with Crippen molar-refractivity contribution in [3.63, 3.8) is 0 Å². The maximum atomic E-state index is 12.2. The molecule has 4 nitrogen and oxygen atoms in total. The summed E-state index contributed by atoms with van der Waals surface area (Å²) in [5, 5.41) is 3.11. The first kappa shape index (κ1) is 17.0. The predicted molar refractivity (Wildman–Crippen MR) is 88.8 cm³/mol. The highest BCUT2D eigenvalue weighted by molar-refractivity contribution is 5.78. The molecule has 1 aliphatic heterocycles. The first-order valence-electron chi connectivity index (χ1n) is 8.24. The Kier molecular flexibility index (Phi) is 6.40. The Morgan fingerprint density at radius 1 is 1.27 bits per heavy atom. The monoisotopic (exact) mass is 304 g/mol. The third kappa shape index (κ3) is 5.78. The topological polar surface area (TPSA) is 41.6 Å². The van der Waals surface area contributed by atoms with Gasteiger partial charge in [-0.1, -0.05) is 30.3 Å². The van der Waals surface area contributed by atoms with Crippen molar-refractivity contribution in [1.29, 1.82) is 0 Å². The van der Waals surface area contributed by atoms with E-state index in [1.54, 1.807) is 0 Å². The normalized spacial score (nSPS) is 24.0. The van der Waals surface area contributed by atoms with Crippen LogP contribution in [0.5, 0.6) is 0 Å². The van der Waals surface area contributed by atoms with Gasteiger partial charge in [-0.3, -0.25) is 9.69 Å². The Labute approximate surface area is 133 Å². The fourth-order valence-electron chi connectivity index (χ4n) is 3.04. The van der Waals surface area contributed by atoms with E-state index in [4.69, 9.17) is 4.74 Å². The summed E-state index contributed by atoms with van der Waals surface area (Å²) in [6.45, 7) is 8.32. The summed E-state index contributed by atoms with van der Waals surface area (Å²) >= 11 is 0. The van der Waals surface area contributed by atoms with Crippen LogP contribution in [0.3, 0.4) is 0 Å². The molecule has 0 radical (unpaired) electrons. The average Bonchev–Trinajstić information content (AvgIpc) is 2.45. The molecule has 3 atom stereocenters. The highest BCUT2D eigenvalue weighted by Gasteiger charge is 2.23. The molecule has 1 fully saturated rings. The number of morpholine rings is 1. The third-order valence-corrected chi connectivity index (χ3v) is 3.98. The van der Waals surface area contributed by atoms with Crippen molar-refractivity contribution >= 4 is 5.91 Å². The van der Waals surface area contributed by atoms with Crippen LogP contribution in [0.1, 0.15) is 32.8 Å². The minimum Gasteiger partial charge on any atom is -0.373 e. The van der Waals surface area contributed by atoms with Gasteiger partial charge in [0.05, 0.1) is 18.8 Å². The second-order valence-corrected chi connectivity index (χ2v) is 6.44. The number of nitrogens with zero attached hydrogens (tertiary/aromatic N) is 1. The van der Waals surface area contributed by atoms with Gasteiger partial charge in [-0.25, -0.2) is 0 Å². The number of rotatable bonds is 6. The molecular weight excluding hydrogens is 276 g/mol. The van der Waals surface area contributed by atoms with Gasteiger partial charge in [-0.05, 0) is 39.2 Å². The molecule has 0 spiro atoms. The Bertz CT molecular complexity index is 453. The van der Waals surface area contributed by atoms with Gasteiger partial charge >= 0.3 is 0 Å². The molecule has 1 aromatic carbocycles. The molecule has 1 saturated heterocycles. The molecule has 0 saturated carbocycles. The highest BCUT2D eigenvalue weighted by atomic mass is 16.5. The van der Waals surface area contributed by atoms with Gasteiger partial charge in [0, 0.05) is 19.1 Å². The number of aryl methyl sites for hydroxylation is 1. The molecule has 1 heterocycles. The van der Waals surface area contributed by atoms with Crippen LogP contribution >= 0.6 is 0 Å². The van der Waals surface area contributed by atoms with E-state index < -0.39 is 0 Å². The van der Waals surface area contributed by atoms with Crippen molar-refractivity contribution in [1.82, 2.24) is 10.2 Å². The summed E-state index contributed by atoms with van der Waals surface area (Å²) in [4.78, 5) is 14.3. The van der Waals surface area contributed by atoms with Gasteiger partial charge < -0.3 is 10.1 Å². The van der Waals surface area contributed by atoms with Gasteiger partial charge in [0.15, 0.2) is 0 Å². The van der Waals surface area contributed by atoms with Crippen molar-refractivity contribution in [3.8, 4) is 0 Å². The lowest BCUT2D eigenvalue weighted by Gasteiger charge is -2.35. The van der Waals surface area contributed by atoms with Gasteiger partial charge in [0.1, 0.15) is 0 Å². The van der Waals surface area contributed by atoms with Crippen molar-refractivity contribution in [3.05, 3.63) is 35.9 Å². The molecule has 4 heteroatoms. The molecule has 1 amide bonds. The SMILES string of the molecule is C[C@@H]1CN(CC(=O)N[C@@H](C)CCc2ccccc2)C[C@@H](C)O1. The van der Waals surface area contributed by atoms with E-state index in [1.807, 2.05) is 6.07 Å². The fraction of sp³-hybridized carbons (Fsp3) is 0.611. The molecule has 0 bridgehead atoms. The molecule has 2 rings (SSSR count). The molecule has 1 N–H and O–H groups in total. The van der Waals surface area contributed by atoms with Crippen LogP contribution in [0.2, 0.25) is 0 Å². The van der Waals surface area contributed by atoms with Gasteiger partial charge in [0.25, 0.3) is 0 Å². The Morgan fingerprint density at radius 3 is 2.55 bits per heavy atom. The maximum Gasteiger partial charge on any atom is 0.234 e. The van der Waals surface area contributed by atoms with Crippen LogP contribution in [0.15, 0.2) is 30.3 Å². The van der Waals surface area contributed by atoms with Crippen LogP contribution in [-0.4, -0.2) is 48.7 Å². The summed E-state index contributed by atoms with van der Waals surface area (Å²) < 4.78 is 5.69. The number of carbonyl (C=O) groups excluding carboxylic acids is 1. The van der Waals surface area contributed by atoms with Crippen LogP contribution in [0.4, 0.5) is 0 Å². The molecule has 0 aromatic heterocycles. The fourth-order valence-corrected chi connectivity index (χ4v) is 3.04. The second-order valence-electron chi connectivity index (χ2n) is 6.44. The number of nitrogens with one attached hydrogen (secondary N) is 1. The van der Waals surface area contributed by atoms with Gasteiger partial charge in [0.2, 0.25) is 5.91 Å². The maximum absolute atomic E-state index is 12.2.